The standard InChI is InChI=1S/C12H14N6/c13-12-17-10(8-3-1-2-4-8)16-11(18-12)9-5-6-14-7-15-9/h5-8H,1-4H2,(H2,13,16,17,18). The molecule has 0 atom stereocenters. The average molecular weight is 242 g/mol. The number of hydrogen-bond donors (Lipinski definition) is 1. The molecule has 6 nitrogen and oxygen atoms in total. The summed E-state index contributed by atoms with van der Waals surface area (Å²) in [5.74, 6) is 2.01. The third-order valence-electron chi connectivity index (χ3n) is 3.20. The maximum Gasteiger partial charge on any atom is 0.223 e. The van der Waals surface area contributed by atoms with Gasteiger partial charge in [-0.3, -0.25) is 0 Å². The Morgan fingerprint density at radius 3 is 2.67 bits per heavy atom. The Morgan fingerprint density at radius 1 is 1.11 bits per heavy atom. The number of nitrogen functional groups attached to an aromatic ring is 1. The van der Waals surface area contributed by atoms with Gasteiger partial charge in [-0.05, 0) is 18.9 Å². The van der Waals surface area contributed by atoms with Crippen LogP contribution in [0.25, 0.3) is 11.5 Å². The van der Waals surface area contributed by atoms with Crippen LogP contribution in [0, 0.1) is 0 Å². The molecule has 0 saturated heterocycles. The van der Waals surface area contributed by atoms with E-state index in [1.54, 1.807) is 12.3 Å². The fourth-order valence-electron chi connectivity index (χ4n) is 2.31. The van der Waals surface area contributed by atoms with Gasteiger partial charge in [0.25, 0.3) is 0 Å². The number of nitrogens with two attached hydrogens (primary N) is 1. The van der Waals surface area contributed by atoms with Gasteiger partial charge in [0, 0.05) is 12.1 Å². The van der Waals surface area contributed by atoms with Crippen molar-refractivity contribution in [2.75, 3.05) is 5.73 Å². The van der Waals surface area contributed by atoms with Gasteiger partial charge in [-0.2, -0.15) is 9.97 Å². The number of anilines is 1. The van der Waals surface area contributed by atoms with Crippen molar-refractivity contribution >= 4 is 5.95 Å². The van der Waals surface area contributed by atoms with Crippen LogP contribution >= 0.6 is 0 Å². The number of aromatic nitrogens is 5. The molecule has 0 unspecified atom stereocenters. The maximum atomic E-state index is 5.76. The van der Waals surface area contributed by atoms with E-state index in [9.17, 15) is 0 Å². The predicted octanol–water partition coefficient (Wildman–Crippen LogP) is 1.57. The summed E-state index contributed by atoms with van der Waals surface area (Å²) in [6.07, 6.45) is 7.87. The van der Waals surface area contributed by atoms with Crippen molar-refractivity contribution < 1.29 is 0 Å². The second kappa shape index (κ2) is 4.64. The molecular formula is C12H14N6. The van der Waals surface area contributed by atoms with Gasteiger partial charge in [0.1, 0.15) is 17.8 Å². The molecule has 2 N–H and O–H groups in total. The van der Waals surface area contributed by atoms with Crippen LogP contribution in [-0.4, -0.2) is 24.9 Å². The SMILES string of the molecule is Nc1nc(-c2ccncn2)nc(C2CCCC2)n1. The zero-order valence-electron chi connectivity index (χ0n) is 9.95. The first kappa shape index (κ1) is 11.0. The van der Waals surface area contributed by atoms with E-state index in [0.717, 1.165) is 18.7 Å². The summed E-state index contributed by atoms with van der Waals surface area (Å²) >= 11 is 0. The summed E-state index contributed by atoms with van der Waals surface area (Å²) in [6.45, 7) is 0. The van der Waals surface area contributed by atoms with E-state index in [-0.39, 0.29) is 5.95 Å². The summed E-state index contributed by atoms with van der Waals surface area (Å²) in [5.41, 5.74) is 6.44. The molecule has 92 valence electrons. The van der Waals surface area contributed by atoms with Crippen LogP contribution in [0.4, 0.5) is 5.95 Å². The second-order valence-electron chi connectivity index (χ2n) is 4.45. The lowest BCUT2D eigenvalue weighted by Gasteiger charge is -2.09. The number of rotatable bonds is 2. The average Bonchev–Trinajstić information content (AvgIpc) is 2.93. The van der Waals surface area contributed by atoms with Gasteiger partial charge in [-0.1, -0.05) is 12.8 Å². The van der Waals surface area contributed by atoms with E-state index in [1.165, 1.54) is 19.2 Å². The van der Waals surface area contributed by atoms with Crippen molar-refractivity contribution in [3.05, 3.63) is 24.4 Å². The fraction of sp³-hybridized carbons (Fsp3) is 0.417. The second-order valence-corrected chi connectivity index (χ2v) is 4.45. The molecule has 1 aliphatic carbocycles. The Bertz CT molecular complexity index is 536. The summed E-state index contributed by atoms with van der Waals surface area (Å²) in [6, 6.07) is 1.77. The molecule has 18 heavy (non-hydrogen) atoms. The van der Waals surface area contributed by atoms with Crippen LogP contribution in [0.1, 0.15) is 37.4 Å². The van der Waals surface area contributed by atoms with Gasteiger partial charge in [0.15, 0.2) is 5.82 Å². The van der Waals surface area contributed by atoms with Crippen molar-refractivity contribution in [3.8, 4) is 11.5 Å². The monoisotopic (exact) mass is 242 g/mol. The summed E-state index contributed by atoms with van der Waals surface area (Å²) in [5, 5.41) is 0. The van der Waals surface area contributed by atoms with Gasteiger partial charge < -0.3 is 5.73 Å². The minimum Gasteiger partial charge on any atom is -0.368 e. The van der Waals surface area contributed by atoms with Gasteiger partial charge in [0.2, 0.25) is 5.95 Å². The van der Waals surface area contributed by atoms with E-state index < -0.39 is 0 Å². The molecule has 6 heteroatoms. The summed E-state index contributed by atoms with van der Waals surface area (Å²) in [7, 11) is 0. The Labute approximate surface area is 105 Å². The molecule has 3 rings (SSSR count). The van der Waals surface area contributed by atoms with Crippen molar-refractivity contribution in [3.63, 3.8) is 0 Å². The molecule has 0 bridgehead atoms. The van der Waals surface area contributed by atoms with Crippen LogP contribution < -0.4 is 5.73 Å². The van der Waals surface area contributed by atoms with E-state index >= 15 is 0 Å². The number of hydrogen-bond acceptors (Lipinski definition) is 6. The molecular weight excluding hydrogens is 228 g/mol. The van der Waals surface area contributed by atoms with Crippen molar-refractivity contribution in [1.82, 2.24) is 24.9 Å². The Morgan fingerprint density at radius 2 is 1.94 bits per heavy atom. The Hall–Kier alpha value is -2.11. The third-order valence-corrected chi connectivity index (χ3v) is 3.20. The molecule has 2 aromatic heterocycles. The first-order valence-corrected chi connectivity index (χ1v) is 6.11. The lowest BCUT2D eigenvalue weighted by Crippen LogP contribution is -2.08. The molecule has 2 heterocycles. The zero-order valence-corrected chi connectivity index (χ0v) is 9.95. The number of nitrogens with zero attached hydrogens (tertiary/aromatic N) is 5. The summed E-state index contributed by atoms with van der Waals surface area (Å²) in [4.78, 5) is 20.9. The molecule has 0 aliphatic heterocycles. The topological polar surface area (TPSA) is 90.5 Å². The molecule has 2 aromatic rings. The zero-order chi connectivity index (χ0) is 12.4. The van der Waals surface area contributed by atoms with E-state index in [0.29, 0.717) is 17.4 Å². The minimum atomic E-state index is 0.264. The van der Waals surface area contributed by atoms with Crippen LogP contribution in [0.3, 0.4) is 0 Å². The van der Waals surface area contributed by atoms with Gasteiger partial charge in [-0.15, -0.1) is 0 Å². The first-order chi connectivity index (χ1) is 8.83. The third kappa shape index (κ3) is 2.13. The molecule has 0 spiro atoms. The van der Waals surface area contributed by atoms with Crippen LogP contribution in [0.15, 0.2) is 18.6 Å². The predicted molar refractivity (Wildman–Crippen MR) is 66.5 cm³/mol. The minimum absolute atomic E-state index is 0.264. The molecule has 0 amide bonds. The Kier molecular flexibility index (Phi) is 2.84. The molecule has 1 saturated carbocycles. The smallest absolute Gasteiger partial charge is 0.223 e. The lowest BCUT2D eigenvalue weighted by molar-refractivity contribution is 0.664. The highest BCUT2D eigenvalue weighted by atomic mass is 15.1. The van der Waals surface area contributed by atoms with E-state index in [2.05, 4.69) is 24.9 Å². The van der Waals surface area contributed by atoms with Crippen molar-refractivity contribution in [2.45, 2.75) is 31.6 Å². The van der Waals surface area contributed by atoms with Crippen LogP contribution in [-0.2, 0) is 0 Å². The molecule has 1 fully saturated rings. The molecule has 0 aromatic carbocycles. The normalized spacial score (nSPS) is 16.0. The van der Waals surface area contributed by atoms with Gasteiger partial charge in [0.05, 0.1) is 0 Å². The van der Waals surface area contributed by atoms with Crippen molar-refractivity contribution in [1.29, 1.82) is 0 Å². The molecule has 1 aliphatic rings. The van der Waals surface area contributed by atoms with E-state index in [1.807, 2.05) is 0 Å². The fourth-order valence-corrected chi connectivity index (χ4v) is 2.31. The summed E-state index contributed by atoms with van der Waals surface area (Å²) < 4.78 is 0. The Balaban J connectivity index is 2.00. The highest BCUT2D eigenvalue weighted by molar-refractivity contribution is 5.49. The van der Waals surface area contributed by atoms with Crippen LogP contribution in [0.2, 0.25) is 0 Å². The van der Waals surface area contributed by atoms with Crippen LogP contribution in [0.5, 0.6) is 0 Å². The first-order valence-electron chi connectivity index (χ1n) is 6.11. The molecule has 0 radical (unpaired) electrons. The lowest BCUT2D eigenvalue weighted by atomic mass is 10.1. The highest BCUT2D eigenvalue weighted by Gasteiger charge is 2.21. The van der Waals surface area contributed by atoms with Gasteiger partial charge in [-0.25, -0.2) is 15.0 Å². The largest absolute Gasteiger partial charge is 0.368 e. The quantitative estimate of drug-likeness (QED) is 0.859. The highest BCUT2D eigenvalue weighted by Crippen LogP contribution is 2.32. The van der Waals surface area contributed by atoms with Gasteiger partial charge >= 0.3 is 0 Å². The van der Waals surface area contributed by atoms with Crippen molar-refractivity contribution in [2.24, 2.45) is 0 Å². The maximum absolute atomic E-state index is 5.76. The van der Waals surface area contributed by atoms with E-state index in [4.69, 9.17) is 5.73 Å².